The molecule has 4 heterocycles. The number of imidazole rings is 1. The highest BCUT2D eigenvalue weighted by atomic mass is 35.5. The van der Waals surface area contributed by atoms with E-state index in [1.807, 2.05) is 30.9 Å². The van der Waals surface area contributed by atoms with Gasteiger partial charge in [0.05, 0.1) is 18.5 Å². The number of aryl methyl sites for hydroxylation is 1. The first-order valence-electron chi connectivity index (χ1n) is 17.2. The molecule has 1 aromatic carbocycles. The Morgan fingerprint density at radius 3 is 2.42 bits per heavy atom. The number of halogens is 3. The van der Waals surface area contributed by atoms with Crippen LogP contribution in [0.1, 0.15) is 67.0 Å². The number of hydrogen-bond donors (Lipinski definition) is 3. The van der Waals surface area contributed by atoms with Crippen molar-refractivity contribution in [2.24, 2.45) is 18.4 Å². The quantitative estimate of drug-likeness (QED) is 0.258. The van der Waals surface area contributed by atoms with Gasteiger partial charge in [0.2, 0.25) is 5.91 Å². The van der Waals surface area contributed by atoms with E-state index in [1.165, 1.54) is 21.6 Å². The second-order valence-electron chi connectivity index (χ2n) is 14.7. The molecular weight excluding hydrogens is 666 g/mol. The summed E-state index contributed by atoms with van der Waals surface area (Å²) in [5.74, 6) is -3.35. The van der Waals surface area contributed by atoms with Crippen molar-refractivity contribution in [1.82, 2.24) is 34.4 Å². The summed E-state index contributed by atoms with van der Waals surface area (Å²) in [5.41, 5.74) is 2.78. The van der Waals surface area contributed by atoms with Gasteiger partial charge in [0.15, 0.2) is 5.82 Å². The molecule has 270 valence electrons. The van der Waals surface area contributed by atoms with E-state index >= 15 is 0 Å². The molecule has 3 fully saturated rings. The Morgan fingerprint density at radius 1 is 1.16 bits per heavy atom. The third-order valence-corrected chi connectivity index (χ3v) is 10.7. The van der Waals surface area contributed by atoms with E-state index in [2.05, 4.69) is 32.2 Å². The molecule has 3 aliphatic rings. The molecule has 0 bridgehead atoms. The maximum Gasteiger partial charge on any atom is 0.291 e. The normalized spacial score (nSPS) is 23.1. The minimum absolute atomic E-state index is 0.0462. The maximum absolute atomic E-state index is 14.8. The zero-order valence-corrected chi connectivity index (χ0v) is 30.0. The first kappa shape index (κ1) is 36.0. The predicted molar refractivity (Wildman–Crippen MR) is 189 cm³/mol. The number of aromatic nitrogens is 4. The van der Waals surface area contributed by atoms with Gasteiger partial charge in [-0.2, -0.15) is 13.9 Å². The minimum atomic E-state index is -3.26. The molecule has 3 N–H and O–H groups in total. The number of carbonyl (C=O) groups is 2. The summed E-state index contributed by atoms with van der Waals surface area (Å²) in [5, 5.41) is 20.5. The predicted octanol–water partition coefficient (Wildman–Crippen LogP) is 4.84. The van der Waals surface area contributed by atoms with Gasteiger partial charge in [-0.15, -0.1) is 11.6 Å². The SMILES string of the molecule is C=C(c1ccc(NC(=O)c2ncc(-c3cn(CC4(CO)CC(C)(Cl)C4)nc3C(C)(F)F)n2C)cc1C)N1CCN(C(=O)C2CCNCC2)CC1. The lowest BCUT2D eigenvalue weighted by molar-refractivity contribution is -0.137. The first-order valence-corrected chi connectivity index (χ1v) is 17.6. The minimum Gasteiger partial charge on any atom is -0.396 e. The van der Waals surface area contributed by atoms with E-state index in [0.29, 0.717) is 50.4 Å². The molecule has 11 nitrogen and oxygen atoms in total. The fourth-order valence-electron chi connectivity index (χ4n) is 7.96. The number of piperidine rings is 1. The van der Waals surface area contributed by atoms with Gasteiger partial charge in [0, 0.05) is 91.6 Å². The van der Waals surface area contributed by atoms with Crippen molar-refractivity contribution in [3.63, 3.8) is 0 Å². The Kier molecular flexibility index (Phi) is 9.88. The van der Waals surface area contributed by atoms with E-state index in [9.17, 15) is 23.5 Å². The number of hydrogen-bond acceptors (Lipinski definition) is 7. The number of anilines is 1. The first-order chi connectivity index (χ1) is 23.6. The monoisotopic (exact) mass is 712 g/mol. The highest BCUT2D eigenvalue weighted by Gasteiger charge is 2.51. The number of piperazine rings is 1. The standard InChI is InChI=1S/C36H47ClF2N8O3/c1-23-16-26(6-7-27(23)24(2)45-12-14-46(15-13-45)33(50)25-8-10-40-11-9-25)42-32(49)31-41-17-29(44(31)5)28-18-47(43-30(28)35(4,38)39)21-36(22-48)19-34(3,37)20-36/h6-7,16-18,25,40,48H,2,8-15,19-22H2,1,3-5H3,(H,42,49). The van der Waals surface area contributed by atoms with Crippen LogP contribution in [0, 0.1) is 18.3 Å². The van der Waals surface area contributed by atoms with Crippen LogP contribution in [0.15, 0.2) is 37.2 Å². The molecule has 6 rings (SSSR count). The maximum atomic E-state index is 14.8. The van der Waals surface area contributed by atoms with Crippen LogP contribution in [0.4, 0.5) is 14.5 Å². The number of aliphatic hydroxyl groups excluding tert-OH is 1. The average molecular weight is 713 g/mol. The van der Waals surface area contributed by atoms with Gasteiger partial charge in [-0.3, -0.25) is 14.3 Å². The average Bonchev–Trinajstić information content (AvgIpc) is 3.67. The van der Waals surface area contributed by atoms with Crippen LogP contribution in [0.2, 0.25) is 0 Å². The number of alkyl halides is 3. The highest BCUT2D eigenvalue weighted by Crippen LogP contribution is 2.53. The van der Waals surface area contributed by atoms with Crippen LogP contribution in [0.25, 0.3) is 17.0 Å². The van der Waals surface area contributed by atoms with Crippen molar-refractivity contribution in [3.05, 3.63) is 59.8 Å². The van der Waals surface area contributed by atoms with Crippen LogP contribution >= 0.6 is 11.6 Å². The summed E-state index contributed by atoms with van der Waals surface area (Å²) in [4.78, 5) is 34.4. The van der Waals surface area contributed by atoms with Crippen molar-refractivity contribution >= 4 is 34.8 Å². The third-order valence-electron chi connectivity index (χ3n) is 10.4. The van der Waals surface area contributed by atoms with Gasteiger partial charge in [0.1, 0.15) is 5.69 Å². The van der Waals surface area contributed by atoms with Crippen molar-refractivity contribution in [2.75, 3.05) is 51.2 Å². The van der Waals surface area contributed by atoms with E-state index in [4.69, 9.17) is 11.6 Å². The molecule has 14 heteroatoms. The molecule has 0 radical (unpaired) electrons. The van der Waals surface area contributed by atoms with Gasteiger partial charge >= 0.3 is 0 Å². The number of benzene rings is 1. The number of nitrogens with one attached hydrogen (secondary N) is 2. The topological polar surface area (TPSA) is 121 Å². The fraction of sp³-hybridized carbons (Fsp3) is 0.556. The van der Waals surface area contributed by atoms with Gasteiger partial charge < -0.3 is 30.1 Å². The van der Waals surface area contributed by atoms with Gasteiger partial charge in [0.25, 0.3) is 11.8 Å². The van der Waals surface area contributed by atoms with E-state index in [-0.39, 0.29) is 36.4 Å². The van der Waals surface area contributed by atoms with Crippen LogP contribution in [-0.2, 0) is 24.3 Å². The molecule has 50 heavy (non-hydrogen) atoms. The number of nitrogens with zero attached hydrogens (tertiary/aromatic N) is 6. The molecule has 2 aromatic heterocycles. The third kappa shape index (κ3) is 7.31. The Labute approximate surface area is 296 Å². The summed E-state index contributed by atoms with van der Waals surface area (Å²) < 4.78 is 32.5. The number of rotatable bonds is 10. The fourth-order valence-corrected chi connectivity index (χ4v) is 8.53. The Balaban J connectivity index is 1.12. The molecule has 1 aliphatic carbocycles. The van der Waals surface area contributed by atoms with Crippen molar-refractivity contribution in [3.8, 4) is 11.3 Å². The summed E-state index contributed by atoms with van der Waals surface area (Å²) in [6, 6.07) is 5.58. The number of carbonyl (C=O) groups excluding carboxylic acids is 2. The number of aliphatic hydroxyl groups is 1. The molecule has 2 saturated heterocycles. The molecule has 0 atom stereocenters. The van der Waals surface area contributed by atoms with E-state index < -0.39 is 27.8 Å². The molecule has 2 amide bonds. The van der Waals surface area contributed by atoms with Gasteiger partial charge in [-0.25, -0.2) is 4.98 Å². The van der Waals surface area contributed by atoms with E-state index in [0.717, 1.165) is 49.7 Å². The lowest BCUT2D eigenvalue weighted by Gasteiger charge is -2.50. The zero-order chi connectivity index (χ0) is 36.0. The summed E-state index contributed by atoms with van der Waals surface area (Å²) in [7, 11) is 1.60. The van der Waals surface area contributed by atoms with Crippen LogP contribution in [0.3, 0.4) is 0 Å². The Bertz CT molecular complexity index is 1760. The van der Waals surface area contributed by atoms with Crippen molar-refractivity contribution < 1.29 is 23.5 Å². The molecule has 0 unspecified atom stereocenters. The molecule has 1 saturated carbocycles. The molecule has 3 aromatic rings. The molecule has 0 spiro atoms. The van der Waals surface area contributed by atoms with Crippen LogP contribution in [-0.4, -0.2) is 96.8 Å². The highest BCUT2D eigenvalue weighted by molar-refractivity contribution is 6.24. The van der Waals surface area contributed by atoms with Crippen molar-refractivity contribution in [1.29, 1.82) is 0 Å². The zero-order valence-electron chi connectivity index (χ0n) is 29.2. The van der Waals surface area contributed by atoms with Crippen LogP contribution in [0.5, 0.6) is 0 Å². The molecular formula is C36H47ClF2N8O3. The lowest BCUT2D eigenvalue weighted by atomic mass is 9.62. The Morgan fingerprint density at radius 2 is 1.82 bits per heavy atom. The largest absolute Gasteiger partial charge is 0.396 e. The summed E-state index contributed by atoms with van der Waals surface area (Å²) >= 11 is 6.42. The van der Waals surface area contributed by atoms with E-state index in [1.54, 1.807) is 13.1 Å². The lowest BCUT2D eigenvalue weighted by Crippen LogP contribution is -2.51. The summed E-state index contributed by atoms with van der Waals surface area (Å²) in [6.07, 6.45) is 5.77. The second-order valence-corrected chi connectivity index (χ2v) is 15.6. The van der Waals surface area contributed by atoms with Crippen molar-refractivity contribution in [2.45, 2.75) is 63.8 Å². The second kappa shape index (κ2) is 13.7. The molecule has 2 aliphatic heterocycles. The Hall–Kier alpha value is -3.81. The number of amides is 2. The van der Waals surface area contributed by atoms with Gasteiger partial charge in [-0.1, -0.05) is 12.6 Å². The summed E-state index contributed by atoms with van der Waals surface area (Å²) in [6.45, 7) is 13.6. The van der Waals surface area contributed by atoms with Gasteiger partial charge in [-0.05, 0) is 70.3 Å². The smallest absolute Gasteiger partial charge is 0.291 e. The van der Waals surface area contributed by atoms with Crippen LogP contribution < -0.4 is 10.6 Å².